The Hall–Kier alpha value is -2.82. The van der Waals surface area contributed by atoms with E-state index in [1.54, 1.807) is 13.1 Å². The third-order valence-electron chi connectivity index (χ3n) is 6.09. The second-order valence-corrected chi connectivity index (χ2v) is 11.0. The number of aromatic nitrogens is 1. The van der Waals surface area contributed by atoms with Gasteiger partial charge >= 0.3 is 5.97 Å². The maximum atomic E-state index is 13.8. The number of carboxylic acid groups (broad SMARTS) is 1. The van der Waals surface area contributed by atoms with Crippen LogP contribution in [0.1, 0.15) is 36.7 Å². The quantitative estimate of drug-likeness (QED) is 0.446. The zero-order valence-corrected chi connectivity index (χ0v) is 20.9. The number of aromatic carboxylic acids is 1. The van der Waals surface area contributed by atoms with E-state index in [-0.39, 0.29) is 22.4 Å². The van der Waals surface area contributed by atoms with E-state index in [9.17, 15) is 18.3 Å². The van der Waals surface area contributed by atoms with Crippen LogP contribution >= 0.6 is 11.8 Å². The summed E-state index contributed by atoms with van der Waals surface area (Å²) in [6, 6.07) is 14.3. The number of benzene rings is 2. The molecule has 8 nitrogen and oxygen atoms in total. The lowest BCUT2D eigenvalue weighted by molar-refractivity contribution is 0.0685. The second kappa shape index (κ2) is 9.81. The van der Waals surface area contributed by atoms with Gasteiger partial charge in [-0.15, -0.1) is 11.8 Å². The molecule has 2 aromatic carbocycles. The van der Waals surface area contributed by atoms with Crippen molar-refractivity contribution in [2.75, 3.05) is 24.7 Å². The Morgan fingerprint density at radius 2 is 1.97 bits per heavy atom. The highest BCUT2D eigenvalue weighted by molar-refractivity contribution is 7.98. The fourth-order valence-corrected chi connectivity index (χ4v) is 6.36. The Morgan fingerprint density at radius 1 is 1.24 bits per heavy atom. The number of unbranched alkanes of at least 4 members (excludes halogenated alkanes) is 1. The molecule has 4 rings (SSSR count). The van der Waals surface area contributed by atoms with Crippen LogP contribution in [0, 0.1) is 0 Å². The van der Waals surface area contributed by atoms with Gasteiger partial charge in [0.15, 0.2) is 11.5 Å². The molecule has 0 bridgehead atoms. The molecule has 1 atom stereocenters. The van der Waals surface area contributed by atoms with E-state index in [1.807, 2.05) is 42.7 Å². The van der Waals surface area contributed by atoms with E-state index >= 15 is 0 Å². The number of rotatable bonds is 7. The predicted molar refractivity (Wildman–Crippen MR) is 132 cm³/mol. The van der Waals surface area contributed by atoms with Crippen molar-refractivity contribution in [3.63, 3.8) is 0 Å². The highest BCUT2D eigenvalue weighted by atomic mass is 32.2. The molecule has 1 N–H and O–H groups in total. The topological polar surface area (TPSA) is 104 Å². The minimum absolute atomic E-state index is 0.152. The number of hydrogen-bond acceptors (Lipinski definition) is 7. The molecule has 0 aliphatic carbocycles. The highest BCUT2D eigenvalue weighted by Gasteiger charge is 2.37. The van der Waals surface area contributed by atoms with Crippen molar-refractivity contribution in [3.8, 4) is 11.3 Å². The molecule has 10 heteroatoms. The van der Waals surface area contributed by atoms with Gasteiger partial charge in [-0.2, -0.15) is 4.31 Å². The third kappa shape index (κ3) is 4.45. The lowest BCUT2D eigenvalue weighted by atomic mass is 10.1. The van der Waals surface area contributed by atoms with Crippen LogP contribution in [-0.2, 0) is 10.0 Å². The largest absolute Gasteiger partial charge is 0.476 e. The highest BCUT2D eigenvalue weighted by Crippen LogP contribution is 2.43. The fourth-order valence-electron chi connectivity index (χ4n) is 4.17. The molecule has 34 heavy (non-hydrogen) atoms. The van der Waals surface area contributed by atoms with E-state index in [2.05, 4.69) is 17.0 Å². The van der Waals surface area contributed by atoms with Crippen molar-refractivity contribution in [2.24, 2.45) is 0 Å². The summed E-state index contributed by atoms with van der Waals surface area (Å²) in [7, 11) is -2.21. The average Bonchev–Trinajstić information content (AvgIpc) is 3.31. The van der Waals surface area contributed by atoms with Gasteiger partial charge in [0.05, 0.1) is 5.69 Å². The summed E-state index contributed by atoms with van der Waals surface area (Å²) in [5, 5.41) is 12.8. The summed E-state index contributed by atoms with van der Waals surface area (Å²) in [6.45, 7) is 2.61. The van der Waals surface area contributed by atoms with E-state index in [4.69, 9.17) is 4.52 Å². The Balaban J connectivity index is 1.95. The summed E-state index contributed by atoms with van der Waals surface area (Å²) >= 11 is 1.43. The molecular formula is C24H27N3O5S2. The van der Waals surface area contributed by atoms with Gasteiger partial charge in [-0.3, -0.25) is 0 Å². The van der Waals surface area contributed by atoms with Crippen molar-refractivity contribution in [2.45, 2.75) is 42.0 Å². The molecule has 1 aliphatic rings. The molecule has 2 heterocycles. The van der Waals surface area contributed by atoms with Gasteiger partial charge in [-0.25, -0.2) is 13.2 Å². The van der Waals surface area contributed by atoms with Gasteiger partial charge in [-0.1, -0.05) is 43.1 Å². The monoisotopic (exact) mass is 501 g/mol. The first-order valence-corrected chi connectivity index (χ1v) is 13.7. The number of hydrogen-bond donors (Lipinski definition) is 1. The minimum Gasteiger partial charge on any atom is -0.476 e. The van der Waals surface area contributed by atoms with Crippen LogP contribution in [0.4, 0.5) is 11.4 Å². The summed E-state index contributed by atoms with van der Waals surface area (Å²) in [5.41, 5.74) is 1.75. The summed E-state index contributed by atoms with van der Waals surface area (Å²) in [6.07, 6.45) is 4.52. The van der Waals surface area contributed by atoms with Crippen molar-refractivity contribution in [3.05, 3.63) is 54.2 Å². The summed E-state index contributed by atoms with van der Waals surface area (Å²) < 4.78 is 34.4. The maximum Gasteiger partial charge on any atom is 0.358 e. The van der Waals surface area contributed by atoms with E-state index < -0.39 is 16.0 Å². The molecule has 3 aromatic rings. The zero-order chi connectivity index (χ0) is 24.5. The molecule has 1 unspecified atom stereocenters. The number of carboxylic acids is 1. The van der Waals surface area contributed by atoms with Crippen molar-refractivity contribution in [1.82, 2.24) is 9.46 Å². The number of thioether (sulfide) groups is 1. The van der Waals surface area contributed by atoms with E-state index in [1.165, 1.54) is 22.1 Å². The van der Waals surface area contributed by atoms with E-state index in [0.29, 0.717) is 17.8 Å². The first kappa shape index (κ1) is 24.3. The van der Waals surface area contributed by atoms with Crippen LogP contribution < -0.4 is 4.90 Å². The lowest BCUT2D eigenvalue weighted by Gasteiger charge is -2.29. The van der Waals surface area contributed by atoms with Gasteiger partial charge in [0.1, 0.15) is 4.90 Å². The molecule has 0 radical (unpaired) electrons. The van der Waals surface area contributed by atoms with Crippen molar-refractivity contribution >= 4 is 39.1 Å². The van der Waals surface area contributed by atoms with Crippen LogP contribution in [0.3, 0.4) is 0 Å². The zero-order valence-electron chi connectivity index (χ0n) is 19.3. The van der Waals surface area contributed by atoms with Crippen LogP contribution in [-0.4, -0.2) is 54.8 Å². The van der Waals surface area contributed by atoms with Gasteiger partial charge in [0.25, 0.3) is 0 Å². The smallest absolute Gasteiger partial charge is 0.358 e. The standard InChI is InChI=1S/C24H27N3O5S2/c1-4-5-9-17-15-27(16-10-7-6-8-11-16)20-14-22(33-3)18(12-23(20)34(30,31)26(17)2)21-13-19(24(28)29)25-32-21/h6-8,10-14,17H,4-5,9,15H2,1-3H3,(H,28,29). The third-order valence-corrected chi connectivity index (χ3v) is 8.81. The predicted octanol–water partition coefficient (Wildman–Crippen LogP) is 5.09. The van der Waals surface area contributed by atoms with Gasteiger partial charge < -0.3 is 14.5 Å². The van der Waals surface area contributed by atoms with Gasteiger partial charge in [0.2, 0.25) is 10.0 Å². The molecule has 180 valence electrons. The van der Waals surface area contributed by atoms with E-state index in [0.717, 1.165) is 29.8 Å². The number of carbonyl (C=O) groups is 1. The Labute approximate surface area is 203 Å². The normalized spacial score (nSPS) is 17.9. The van der Waals surface area contributed by atoms with Crippen molar-refractivity contribution in [1.29, 1.82) is 0 Å². The van der Waals surface area contributed by atoms with Crippen LogP contribution in [0.5, 0.6) is 0 Å². The molecule has 0 saturated heterocycles. The second-order valence-electron chi connectivity index (χ2n) is 8.17. The van der Waals surface area contributed by atoms with Gasteiger partial charge in [-0.05, 0) is 36.9 Å². The number of para-hydroxylation sites is 1. The Morgan fingerprint density at radius 3 is 2.59 bits per heavy atom. The Kier molecular flexibility index (Phi) is 7.01. The Bertz CT molecular complexity index is 1290. The molecule has 1 aromatic heterocycles. The van der Waals surface area contributed by atoms with Crippen LogP contribution in [0.25, 0.3) is 11.3 Å². The number of nitrogens with zero attached hydrogens (tertiary/aromatic N) is 3. The van der Waals surface area contributed by atoms with Crippen molar-refractivity contribution < 1.29 is 22.8 Å². The summed E-state index contributed by atoms with van der Waals surface area (Å²) in [5.74, 6) is -1.00. The molecule has 0 fully saturated rings. The number of sulfonamides is 1. The SMILES string of the molecule is CCCCC1CN(c2ccccc2)c2cc(SC)c(-c3cc(C(=O)O)no3)cc2S(=O)(=O)N1C. The molecular weight excluding hydrogens is 474 g/mol. The first-order chi connectivity index (χ1) is 16.3. The van der Waals surface area contributed by atoms with Gasteiger partial charge in [0, 0.05) is 41.8 Å². The maximum absolute atomic E-state index is 13.8. The number of fused-ring (bicyclic) bond motifs is 1. The lowest BCUT2D eigenvalue weighted by Crippen LogP contribution is -2.40. The fraction of sp³-hybridized carbons (Fsp3) is 0.333. The average molecular weight is 502 g/mol. The first-order valence-electron chi connectivity index (χ1n) is 11.0. The van der Waals surface area contributed by atoms with Crippen LogP contribution in [0.2, 0.25) is 0 Å². The number of anilines is 2. The molecule has 0 saturated carbocycles. The summed E-state index contributed by atoms with van der Waals surface area (Å²) in [4.78, 5) is 14.3. The molecule has 0 amide bonds. The number of likely N-dealkylation sites (N-methyl/N-ethyl adjacent to an activating group) is 1. The molecule has 1 aliphatic heterocycles. The van der Waals surface area contributed by atoms with Crippen LogP contribution in [0.15, 0.2) is 62.8 Å². The minimum atomic E-state index is -3.84. The molecule has 0 spiro atoms.